The Kier molecular flexibility index (Phi) is 2.49. The van der Waals surface area contributed by atoms with Gasteiger partial charge in [-0.15, -0.1) is 0 Å². The maximum Gasteiger partial charge on any atom is 0.0557 e. The van der Waals surface area contributed by atoms with Gasteiger partial charge in [0.2, 0.25) is 0 Å². The van der Waals surface area contributed by atoms with Gasteiger partial charge in [-0.05, 0) is 36.8 Å². The summed E-state index contributed by atoms with van der Waals surface area (Å²) in [7, 11) is 0. The summed E-state index contributed by atoms with van der Waals surface area (Å²) in [6.07, 6.45) is 4.68. The lowest BCUT2D eigenvalue weighted by molar-refractivity contribution is 0.00806. The Labute approximate surface area is 96.8 Å². The maximum absolute atomic E-state index is 6.14. The van der Waals surface area contributed by atoms with Gasteiger partial charge in [0.25, 0.3) is 0 Å². The molecule has 1 saturated heterocycles. The molecule has 0 aromatic heterocycles. The summed E-state index contributed by atoms with van der Waals surface area (Å²) in [6.45, 7) is 1.79. The van der Waals surface area contributed by atoms with Crippen molar-refractivity contribution in [3.05, 3.63) is 35.4 Å². The molecule has 0 spiro atoms. The number of benzene rings is 1. The van der Waals surface area contributed by atoms with Crippen LogP contribution >= 0.6 is 0 Å². The van der Waals surface area contributed by atoms with Gasteiger partial charge < -0.3 is 10.5 Å². The Morgan fingerprint density at radius 1 is 1.25 bits per heavy atom. The highest BCUT2D eigenvalue weighted by molar-refractivity contribution is 5.32. The lowest BCUT2D eigenvalue weighted by atomic mass is 9.90. The fourth-order valence-electron chi connectivity index (χ4n) is 2.37. The molecule has 86 valence electrons. The van der Waals surface area contributed by atoms with Crippen molar-refractivity contribution < 1.29 is 4.74 Å². The van der Waals surface area contributed by atoms with Gasteiger partial charge in [0.05, 0.1) is 13.2 Å². The highest BCUT2D eigenvalue weighted by atomic mass is 16.5. The normalized spacial score (nSPS) is 22.8. The zero-order valence-electron chi connectivity index (χ0n) is 9.61. The van der Waals surface area contributed by atoms with Crippen LogP contribution in [0.1, 0.15) is 36.3 Å². The molecular weight excluding hydrogens is 198 g/mol. The highest BCUT2D eigenvalue weighted by Crippen LogP contribution is 2.37. The zero-order chi connectivity index (χ0) is 11.0. The number of nitrogens with two attached hydrogens (primary N) is 1. The smallest absolute Gasteiger partial charge is 0.0557 e. The molecule has 2 aliphatic rings. The summed E-state index contributed by atoms with van der Waals surface area (Å²) in [5.74, 6) is 0.629. The first-order chi connectivity index (χ1) is 7.77. The van der Waals surface area contributed by atoms with Crippen molar-refractivity contribution >= 4 is 0 Å². The Morgan fingerprint density at radius 2 is 2.00 bits per heavy atom. The molecule has 0 atom stereocenters. The molecule has 2 N–H and O–H groups in total. The first kappa shape index (κ1) is 10.3. The van der Waals surface area contributed by atoms with E-state index in [1.807, 2.05) is 0 Å². The van der Waals surface area contributed by atoms with E-state index in [0.29, 0.717) is 5.92 Å². The summed E-state index contributed by atoms with van der Waals surface area (Å²) in [4.78, 5) is 0. The fraction of sp³-hybridized carbons (Fsp3) is 0.571. The molecular formula is C14H19NO. The molecule has 1 heterocycles. The van der Waals surface area contributed by atoms with E-state index in [2.05, 4.69) is 24.3 Å². The Balaban J connectivity index is 1.71. The predicted octanol–water partition coefficient (Wildman–Crippen LogP) is 2.22. The minimum Gasteiger partial charge on any atom is -0.380 e. The molecule has 3 rings (SSSR count). The van der Waals surface area contributed by atoms with Crippen LogP contribution in [0.25, 0.3) is 0 Å². The molecule has 1 saturated carbocycles. The Bertz CT molecular complexity index is 380. The molecule has 2 heteroatoms. The number of hydrogen-bond acceptors (Lipinski definition) is 2. The van der Waals surface area contributed by atoms with Gasteiger partial charge in [-0.1, -0.05) is 24.3 Å². The van der Waals surface area contributed by atoms with Gasteiger partial charge in [-0.25, -0.2) is 0 Å². The van der Waals surface area contributed by atoms with Crippen molar-refractivity contribution in [2.75, 3.05) is 13.2 Å². The van der Waals surface area contributed by atoms with Crippen LogP contribution in [0, 0.1) is 0 Å². The molecule has 1 aliphatic carbocycles. The van der Waals surface area contributed by atoms with E-state index in [4.69, 9.17) is 10.5 Å². The number of hydrogen-bond donors (Lipinski definition) is 1. The van der Waals surface area contributed by atoms with Crippen LogP contribution in [0.2, 0.25) is 0 Å². The van der Waals surface area contributed by atoms with E-state index in [0.717, 1.165) is 26.1 Å². The van der Waals surface area contributed by atoms with E-state index < -0.39 is 0 Å². The second kappa shape index (κ2) is 3.86. The molecule has 1 aromatic rings. The topological polar surface area (TPSA) is 35.2 Å². The highest BCUT2D eigenvalue weighted by Gasteiger charge is 2.37. The van der Waals surface area contributed by atoms with Crippen LogP contribution in [0.4, 0.5) is 0 Å². The first-order valence-corrected chi connectivity index (χ1v) is 6.21. The van der Waals surface area contributed by atoms with Gasteiger partial charge in [0, 0.05) is 11.5 Å². The number of rotatable bonds is 4. The average Bonchev–Trinajstić information content (AvgIpc) is 2.94. The summed E-state index contributed by atoms with van der Waals surface area (Å²) in [5, 5.41) is 0. The van der Waals surface area contributed by atoms with Gasteiger partial charge in [0.1, 0.15) is 0 Å². The third-order valence-electron chi connectivity index (χ3n) is 3.92. The van der Waals surface area contributed by atoms with Crippen LogP contribution in [0.15, 0.2) is 24.3 Å². The van der Waals surface area contributed by atoms with Crippen LogP contribution in [0.5, 0.6) is 0 Å². The standard InChI is InChI=1S/C14H19NO/c15-14(7-8-14)6-5-11-3-1-2-4-13(11)12-9-16-10-12/h1-4,12H,5-10,15H2. The minimum absolute atomic E-state index is 0.170. The summed E-state index contributed by atoms with van der Waals surface area (Å²) in [5.41, 5.74) is 9.28. The first-order valence-electron chi connectivity index (χ1n) is 6.21. The largest absolute Gasteiger partial charge is 0.380 e. The van der Waals surface area contributed by atoms with Gasteiger partial charge in [0.15, 0.2) is 0 Å². The van der Waals surface area contributed by atoms with E-state index in [-0.39, 0.29) is 5.54 Å². The van der Waals surface area contributed by atoms with Crippen molar-refractivity contribution in [1.82, 2.24) is 0 Å². The second-order valence-electron chi connectivity index (χ2n) is 5.30. The van der Waals surface area contributed by atoms with Crippen molar-refractivity contribution in [3.8, 4) is 0 Å². The molecule has 0 radical (unpaired) electrons. The SMILES string of the molecule is NC1(CCc2ccccc2C2COC2)CC1. The van der Waals surface area contributed by atoms with Gasteiger partial charge >= 0.3 is 0 Å². The lowest BCUT2D eigenvalue weighted by Crippen LogP contribution is -2.27. The molecule has 2 fully saturated rings. The van der Waals surface area contributed by atoms with Crippen molar-refractivity contribution in [2.24, 2.45) is 5.73 Å². The molecule has 0 unspecified atom stereocenters. The van der Waals surface area contributed by atoms with Crippen LogP contribution in [-0.4, -0.2) is 18.8 Å². The maximum atomic E-state index is 6.14. The molecule has 0 bridgehead atoms. The van der Waals surface area contributed by atoms with Gasteiger partial charge in [-0.2, -0.15) is 0 Å². The van der Waals surface area contributed by atoms with Crippen molar-refractivity contribution in [1.29, 1.82) is 0 Å². The third kappa shape index (κ3) is 2.00. The average molecular weight is 217 g/mol. The zero-order valence-corrected chi connectivity index (χ0v) is 9.61. The second-order valence-corrected chi connectivity index (χ2v) is 5.30. The number of aryl methyl sites for hydroxylation is 1. The summed E-state index contributed by atoms with van der Waals surface area (Å²) >= 11 is 0. The van der Waals surface area contributed by atoms with Gasteiger partial charge in [-0.3, -0.25) is 0 Å². The Morgan fingerprint density at radius 3 is 2.62 bits per heavy atom. The van der Waals surface area contributed by atoms with E-state index in [1.165, 1.54) is 24.0 Å². The monoisotopic (exact) mass is 217 g/mol. The fourth-order valence-corrected chi connectivity index (χ4v) is 2.37. The molecule has 16 heavy (non-hydrogen) atoms. The molecule has 0 amide bonds. The van der Waals surface area contributed by atoms with E-state index in [9.17, 15) is 0 Å². The minimum atomic E-state index is 0.170. The summed E-state index contributed by atoms with van der Waals surface area (Å²) in [6, 6.07) is 8.76. The van der Waals surface area contributed by atoms with Crippen LogP contribution in [-0.2, 0) is 11.2 Å². The van der Waals surface area contributed by atoms with Crippen LogP contribution < -0.4 is 5.73 Å². The molecule has 1 aliphatic heterocycles. The molecule has 1 aromatic carbocycles. The summed E-state index contributed by atoms with van der Waals surface area (Å²) < 4.78 is 5.28. The van der Waals surface area contributed by atoms with Crippen molar-refractivity contribution in [2.45, 2.75) is 37.1 Å². The van der Waals surface area contributed by atoms with E-state index in [1.54, 1.807) is 0 Å². The quantitative estimate of drug-likeness (QED) is 0.839. The van der Waals surface area contributed by atoms with Crippen LogP contribution in [0.3, 0.4) is 0 Å². The third-order valence-corrected chi connectivity index (χ3v) is 3.92. The van der Waals surface area contributed by atoms with E-state index >= 15 is 0 Å². The predicted molar refractivity (Wildman–Crippen MR) is 64.5 cm³/mol. The lowest BCUT2D eigenvalue weighted by Gasteiger charge is -2.28. The Hall–Kier alpha value is -0.860. The molecule has 2 nitrogen and oxygen atoms in total. The number of ether oxygens (including phenoxy) is 1. The van der Waals surface area contributed by atoms with Crippen molar-refractivity contribution in [3.63, 3.8) is 0 Å².